The SMILES string of the molecule is NC(CCC1CCCCC1)c1cc(Cl)sc1Cl. The average molecular weight is 292 g/mol. The van der Waals surface area contributed by atoms with Gasteiger partial charge in [-0.2, -0.15) is 0 Å². The van der Waals surface area contributed by atoms with Gasteiger partial charge >= 0.3 is 0 Å². The van der Waals surface area contributed by atoms with Gasteiger partial charge in [0.05, 0.1) is 8.67 Å². The first-order valence-corrected chi connectivity index (χ1v) is 7.94. The molecule has 4 heteroatoms. The fourth-order valence-corrected chi connectivity index (χ4v) is 4.25. The molecule has 0 radical (unpaired) electrons. The monoisotopic (exact) mass is 291 g/mol. The van der Waals surface area contributed by atoms with Crippen molar-refractivity contribution in [2.24, 2.45) is 11.7 Å². The van der Waals surface area contributed by atoms with Gasteiger partial charge in [0.25, 0.3) is 0 Å². The molecular weight excluding hydrogens is 273 g/mol. The molecule has 0 saturated heterocycles. The van der Waals surface area contributed by atoms with Gasteiger partial charge in [-0.3, -0.25) is 0 Å². The summed E-state index contributed by atoms with van der Waals surface area (Å²) in [5.74, 6) is 0.877. The van der Waals surface area contributed by atoms with E-state index in [9.17, 15) is 0 Å². The summed E-state index contributed by atoms with van der Waals surface area (Å²) in [4.78, 5) is 0. The van der Waals surface area contributed by atoms with Crippen LogP contribution in [0.2, 0.25) is 8.67 Å². The third-order valence-corrected chi connectivity index (χ3v) is 5.21. The van der Waals surface area contributed by atoms with E-state index in [-0.39, 0.29) is 6.04 Å². The molecule has 2 rings (SSSR count). The molecule has 0 spiro atoms. The zero-order valence-corrected chi connectivity index (χ0v) is 12.3. The number of thiophene rings is 1. The first kappa shape index (κ1) is 13.7. The van der Waals surface area contributed by atoms with Gasteiger partial charge in [0.1, 0.15) is 0 Å². The summed E-state index contributed by atoms with van der Waals surface area (Å²) in [5, 5.41) is 0. The van der Waals surface area contributed by atoms with Crippen LogP contribution in [-0.4, -0.2) is 0 Å². The van der Waals surface area contributed by atoms with E-state index in [2.05, 4.69) is 0 Å². The normalized spacial score (nSPS) is 19.5. The van der Waals surface area contributed by atoms with Crippen molar-refractivity contribution >= 4 is 34.5 Å². The Bertz CT molecular complexity index is 358. The Morgan fingerprint density at radius 2 is 2.00 bits per heavy atom. The van der Waals surface area contributed by atoms with Crippen molar-refractivity contribution in [3.63, 3.8) is 0 Å². The number of halogens is 2. The van der Waals surface area contributed by atoms with Crippen LogP contribution in [0.1, 0.15) is 56.6 Å². The minimum Gasteiger partial charge on any atom is -0.324 e. The Morgan fingerprint density at radius 3 is 2.59 bits per heavy atom. The highest BCUT2D eigenvalue weighted by molar-refractivity contribution is 7.20. The lowest BCUT2D eigenvalue weighted by atomic mass is 9.85. The standard InChI is InChI=1S/C13H19Cl2NS/c14-12-8-10(13(15)17-12)11(16)7-6-9-4-2-1-3-5-9/h8-9,11H,1-7,16H2. The molecule has 1 aliphatic rings. The minimum absolute atomic E-state index is 0.0492. The Balaban J connectivity index is 1.84. The molecule has 1 saturated carbocycles. The number of hydrogen-bond donors (Lipinski definition) is 1. The van der Waals surface area contributed by atoms with Gasteiger partial charge in [-0.1, -0.05) is 55.3 Å². The van der Waals surface area contributed by atoms with E-state index in [4.69, 9.17) is 28.9 Å². The van der Waals surface area contributed by atoms with Crippen LogP contribution in [0.3, 0.4) is 0 Å². The van der Waals surface area contributed by atoms with Gasteiger partial charge in [0.2, 0.25) is 0 Å². The van der Waals surface area contributed by atoms with Crippen molar-refractivity contribution in [1.29, 1.82) is 0 Å². The molecule has 96 valence electrons. The fourth-order valence-electron chi connectivity index (χ4n) is 2.65. The first-order chi connectivity index (χ1) is 8.16. The van der Waals surface area contributed by atoms with E-state index in [1.54, 1.807) is 0 Å². The largest absolute Gasteiger partial charge is 0.324 e. The fraction of sp³-hybridized carbons (Fsp3) is 0.692. The second-order valence-corrected chi connectivity index (χ2v) is 7.25. The Morgan fingerprint density at radius 1 is 1.29 bits per heavy atom. The molecule has 0 aliphatic heterocycles. The van der Waals surface area contributed by atoms with Crippen molar-refractivity contribution in [3.05, 3.63) is 20.3 Å². The lowest BCUT2D eigenvalue weighted by Gasteiger charge is -2.22. The van der Waals surface area contributed by atoms with E-state index >= 15 is 0 Å². The van der Waals surface area contributed by atoms with Crippen molar-refractivity contribution in [2.75, 3.05) is 0 Å². The van der Waals surface area contributed by atoms with Gasteiger partial charge in [0.15, 0.2) is 0 Å². The minimum atomic E-state index is 0.0492. The molecule has 1 aliphatic carbocycles. The predicted molar refractivity (Wildman–Crippen MR) is 77.1 cm³/mol. The lowest BCUT2D eigenvalue weighted by Crippen LogP contribution is -2.13. The highest BCUT2D eigenvalue weighted by Crippen LogP contribution is 2.37. The lowest BCUT2D eigenvalue weighted by molar-refractivity contribution is 0.324. The van der Waals surface area contributed by atoms with E-state index in [0.717, 1.165) is 26.6 Å². The maximum Gasteiger partial charge on any atom is 0.0991 e. The van der Waals surface area contributed by atoms with Crippen LogP contribution >= 0.6 is 34.5 Å². The molecule has 0 aromatic carbocycles. The summed E-state index contributed by atoms with van der Waals surface area (Å²) in [6.07, 6.45) is 9.21. The molecule has 1 heterocycles. The summed E-state index contributed by atoms with van der Waals surface area (Å²) in [7, 11) is 0. The number of nitrogens with two attached hydrogens (primary N) is 1. The van der Waals surface area contributed by atoms with E-state index in [0.29, 0.717) is 0 Å². The van der Waals surface area contributed by atoms with Crippen LogP contribution in [0.5, 0.6) is 0 Å². The van der Waals surface area contributed by atoms with Gasteiger partial charge in [-0.25, -0.2) is 0 Å². The average Bonchev–Trinajstić information content (AvgIpc) is 2.67. The van der Waals surface area contributed by atoms with Gasteiger partial charge < -0.3 is 5.73 Å². The highest BCUT2D eigenvalue weighted by Gasteiger charge is 2.18. The molecule has 1 atom stereocenters. The molecule has 1 nitrogen and oxygen atoms in total. The van der Waals surface area contributed by atoms with Gasteiger partial charge in [-0.15, -0.1) is 11.3 Å². The predicted octanol–water partition coefficient (Wildman–Crippen LogP) is 5.42. The zero-order chi connectivity index (χ0) is 12.3. The third kappa shape index (κ3) is 3.85. The molecule has 0 amide bonds. The second kappa shape index (κ2) is 6.42. The molecule has 2 N–H and O–H groups in total. The zero-order valence-electron chi connectivity index (χ0n) is 9.92. The van der Waals surface area contributed by atoms with Gasteiger partial charge in [-0.05, 0) is 30.4 Å². The Labute approximate surface area is 117 Å². The topological polar surface area (TPSA) is 26.0 Å². The van der Waals surface area contributed by atoms with Crippen LogP contribution in [0.15, 0.2) is 6.07 Å². The maximum atomic E-state index is 6.19. The maximum absolute atomic E-state index is 6.19. The highest BCUT2D eigenvalue weighted by atomic mass is 35.5. The van der Waals surface area contributed by atoms with Crippen molar-refractivity contribution in [3.8, 4) is 0 Å². The van der Waals surface area contributed by atoms with Gasteiger partial charge in [0, 0.05) is 6.04 Å². The molecule has 17 heavy (non-hydrogen) atoms. The smallest absolute Gasteiger partial charge is 0.0991 e. The second-order valence-electron chi connectivity index (χ2n) is 4.97. The van der Waals surface area contributed by atoms with Crippen LogP contribution in [0.4, 0.5) is 0 Å². The Kier molecular flexibility index (Phi) is 5.16. The van der Waals surface area contributed by atoms with E-state index in [1.807, 2.05) is 6.07 Å². The third-order valence-electron chi connectivity index (χ3n) is 3.69. The van der Waals surface area contributed by atoms with Crippen LogP contribution in [-0.2, 0) is 0 Å². The molecular formula is C13H19Cl2NS. The number of rotatable bonds is 4. The first-order valence-electron chi connectivity index (χ1n) is 6.37. The number of hydrogen-bond acceptors (Lipinski definition) is 2. The molecule has 0 bridgehead atoms. The van der Waals surface area contributed by atoms with Crippen LogP contribution in [0.25, 0.3) is 0 Å². The molecule has 1 aromatic heterocycles. The summed E-state index contributed by atoms with van der Waals surface area (Å²) < 4.78 is 1.49. The Hall–Kier alpha value is 0.240. The summed E-state index contributed by atoms with van der Waals surface area (Å²) in [6.45, 7) is 0. The molecule has 1 unspecified atom stereocenters. The van der Waals surface area contributed by atoms with Crippen LogP contribution in [0, 0.1) is 5.92 Å². The van der Waals surface area contributed by atoms with Crippen LogP contribution < -0.4 is 5.73 Å². The van der Waals surface area contributed by atoms with Crippen molar-refractivity contribution in [2.45, 2.75) is 51.0 Å². The molecule has 1 aromatic rings. The summed E-state index contributed by atoms with van der Waals surface area (Å²) >= 11 is 13.5. The van der Waals surface area contributed by atoms with E-state index < -0.39 is 0 Å². The quantitative estimate of drug-likeness (QED) is 0.788. The van der Waals surface area contributed by atoms with E-state index in [1.165, 1.54) is 49.9 Å². The summed E-state index contributed by atoms with van der Waals surface area (Å²) in [5.41, 5.74) is 7.22. The summed E-state index contributed by atoms with van der Waals surface area (Å²) in [6, 6.07) is 1.97. The van der Waals surface area contributed by atoms with Crippen molar-refractivity contribution in [1.82, 2.24) is 0 Å². The molecule has 1 fully saturated rings. The van der Waals surface area contributed by atoms with Crippen molar-refractivity contribution < 1.29 is 0 Å².